The van der Waals surface area contributed by atoms with E-state index in [0.717, 1.165) is 13.0 Å². The minimum Gasteiger partial charge on any atom is -0.349 e. The molecule has 104 valence electrons. The van der Waals surface area contributed by atoms with Crippen molar-refractivity contribution < 1.29 is 4.79 Å². The number of hydrogen-bond acceptors (Lipinski definition) is 4. The molecule has 0 aliphatic carbocycles. The number of nitrogens with one attached hydrogen (secondary N) is 2. The lowest BCUT2D eigenvalue weighted by molar-refractivity contribution is 0.0945. The van der Waals surface area contributed by atoms with E-state index in [0.29, 0.717) is 24.1 Å². The van der Waals surface area contributed by atoms with E-state index >= 15 is 0 Å². The molecule has 2 N–H and O–H groups in total. The molecule has 0 radical (unpaired) electrons. The number of carbonyl (C=O) groups excluding carboxylic acids is 1. The first-order chi connectivity index (χ1) is 9.83. The molecule has 3 rings (SSSR count). The summed E-state index contributed by atoms with van der Waals surface area (Å²) in [5, 5.41) is 10.4. The first-order valence-electron chi connectivity index (χ1n) is 6.81. The monoisotopic (exact) mass is 271 g/mol. The Morgan fingerprint density at radius 2 is 2.40 bits per heavy atom. The predicted octanol–water partition coefficient (Wildman–Crippen LogP) is 0.749. The van der Waals surface area contributed by atoms with Crippen LogP contribution in [0.15, 0.2) is 36.7 Å². The Hall–Kier alpha value is -2.21. The van der Waals surface area contributed by atoms with Crippen molar-refractivity contribution in [3.05, 3.63) is 42.4 Å². The van der Waals surface area contributed by atoms with Crippen molar-refractivity contribution in [2.75, 3.05) is 13.1 Å². The molecule has 1 atom stereocenters. The fourth-order valence-corrected chi connectivity index (χ4v) is 2.32. The normalized spacial score (nSPS) is 18.1. The Kier molecular flexibility index (Phi) is 3.73. The predicted molar refractivity (Wildman–Crippen MR) is 74.7 cm³/mol. The Morgan fingerprint density at radius 1 is 1.45 bits per heavy atom. The summed E-state index contributed by atoms with van der Waals surface area (Å²) < 4.78 is 1.63. The largest absolute Gasteiger partial charge is 0.349 e. The highest BCUT2D eigenvalue weighted by atomic mass is 16.1. The lowest BCUT2D eigenvalue weighted by Gasteiger charge is -2.11. The second kappa shape index (κ2) is 5.83. The number of hydrogen-bond donors (Lipinski definition) is 2. The van der Waals surface area contributed by atoms with Gasteiger partial charge in [-0.25, -0.2) is 9.67 Å². The molecule has 1 aliphatic rings. The molecule has 1 amide bonds. The van der Waals surface area contributed by atoms with Crippen LogP contribution in [0.25, 0.3) is 5.82 Å². The number of carbonyl (C=O) groups is 1. The van der Waals surface area contributed by atoms with Crippen LogP contribution in [-0.4, -0.2) is 39.8 Å². The minimum atomic E-state index is -0.146. The van der Waals surface area contributed by atoms with Crippen LogP contribution >= 0.6 is 0 Å². The summed E-state index contributed by atoms with van der Waals surface area (Å²) >= 11 is 0. The maximum Gasteiger partial charge on any atom is 0.270 e. The van der Waals surface area contributed by atoms with Crippen LogP contribution in [0.5, 0.6) is 0 Å². The summed E-state index contributed by atoms with van der Waals surface area (Å²) in [6.07, 6.45) is 5.77. The second-order valence-electron chi connectivity index (χ2n) is 4.83. The van der Waals surface area contributed by atoms with Crippen LogP contribution in [-0.2, 0) is 0 Å². The van der Waals surface area contributed by atoms with E-state index in [4.69, 9.17) is 0 Å². The lowest BCUT2D eigenvalue weighted by atomic mass is 10.2. The van der Waals surface area contributed by atoms with Gasteiger partial charge in [0.15, 0.2) is 5.82 Å². The van der Waals surface area contributed by atoms with E-state index in [-0.39, 0.29) is 5.91 Å². The summed E-state index contributed by atoms with van der Waals surface area (Å²) in [7, 11) is 0. The maximum absolute atomic E-state index is 12.1. The van der Waals surface area contributed by atoms with Crippen LogP contribution in [0, 0.1) is 0 Å². The van der Waals surface area contributed by atoms with Gasteiger partial charge < -0.3 is 10.6 Å². The van der Waals surface area contributed by atoms with E-state index in [1.165, 1.54) is 6.42 Å². The average Bonchev–Trinajstić information content (AvgIpc) is 3.18. The van der Waals surface area contributed by atoms with Gasteiger partial charge in [0.2, 0.25) is 0 Å². The van der Waals surface area contributed by atoms with Crippen molar-refractivity contribution in [1.82, 2.24) is 25.4 Å². The summed E-state index contributed by atoms with van der Waals surface area (Å²) in [5.74, 6) is 0.495. The molecule has 0 saturated carbocycles. The van der Waals surface area contributed by atoms with E-state index in [9.17, 15) is 4.79 Å². The van der Waals surface area contributed by atoms with Crippen molar-refractivity contribution in [1.29, 1.82) is 0 Å². The smallest absolute Gasteiger partial charge is 0.270 e. The number of pyridine rings is 1. The summed E-state index contributed by atoms with van der Waals surface area (Å²) in [6, 6.07) is 7.55. The molecule has 3 heterocycles. The van der Waals surface area contributed by atoms with Crippen molar-refractivity contribution in [2.24, 2.45) is 0 Å². The molecule has 1 fully saturated rings. The highest BCUT2D eigenvalue weighted by Crippen LogP contribution is 2.06. The van der Waals surface area contributed by atoms with Gasteiger partial charge in [0.1, 0.15) is 5.69 Å². The molecular weight excluding hydrogens is 254 g/mol. The molecule has 2 aromatic rings. The third-order valence-electron chi connectivity index (χ3n) is 3.38. The first-order valence-corrected chi connectivity index (χ1v) is 6.81. The number of nitrogens with zero attached hydrogens (tertiary/aromatic N) is 3. The molecular formula is C14H17N5O. The highest BCUT2D eigenvalue weighted by Gasteiger charge is 2.16. The van der Waals surface area contributed by atoms with Crippen LogP contribution in [0.1, 0.15) is 23.3 Å². The van der Waals surface area contributed by atoms with Gasteiger partial charge in [0, 0.05) is 25.0 Å². The molecule has 0 bridgehead atoms. The third kappa shape index (κ3) is 2.85. The molecule has 0 spiro atoms. The Labute approximate surface area is 117 Å². The summed E-state index contributed by atoms with van der Waals surface area (Å²) in [6.45, 7) is 1.68. The molecule has 2 aromatic heterocycles. The zero-order valence-corrected chi connectivity index (χ0v) is 11.1. The highest BCUT2D eigenvalue weighted by molar-refractivity contribution is 5.92. The van der Waals surface area contributed by atoms with Crippen LogP contribution in [0.3, 0.4) is 0 Å². The van der Waals surface area contributed by atoms with Crippen molar-refractivity contribution in [3.8, 4) is 5.82 Å². The third-order valence-corrected chi connectivity index (χ3v) is 3.38. The van der Waals surface area contributed by atoms with Gasteiger partial charge in [-0.2, -0.15) is 5.10 Å². The SMILES string of the molecule is O=C(NCC1CCCN1)c1cccc(-n2cccn2)n1. The standard InChI is InChI=1S/C14H17N5O/c20-14(16-10-11-4-2-7-15-11)12-5-1-6-13(18-12)19-9-3-8-17-19/h1,3,5-6,8-9,11,15H,2,4,7,10H2,(H,16,20). The Morgan fingerprint density at radius 3 is 3.15 bits per heavy atom. The van der Waals surface area contributed by atoms with E-state index in [1.54, 1.807) is 23.1 Å². The lowest BCUT2D eigenvalue weighted by Crippen LogP contribution is -2.37. The fourth-order valence-electron chi connectivity index (χ4n) is 2.32. The topological polar surface area (TPSA) is 71.8 Å². The second-order valence-corrected chi connectivity index (χ2v) is 4.83. The molecule has 1 aliphatic heterocycles. The Balaban J connectivity index is 1.66. The quantitative estimate of drug-likeness (QED) is 0.860. The van der Waals surface area contributed by atoms with Gasteiger partial charge in [-0.1, -0.05) is 6.07 Å². The molecule has 20 heavy (non-hydrogen) atoms. The van der Waals surface area contributed by atoms with Gasteiger partial charge in [0.25, 0.3) is 5.91 Å². The van der Waals surface area contributed by atoms with E-state index in [1.807, 2.05) is 18.2 Å². The zero-order chi connectivity index (χ0) is 13.8. The van der Waals surface area contributed by atoms with E-state index in [2.05, 4.69) is 20.7 Å². The van der Waals surface area contributed by atoms with E-state index < -0.39 is 0 Å². The summed E-state index contributed by atoms with van der Waals surface area (Å²) in [4.78, 5) is 16.4. The molecule has 6 heteroatoms. The van der Waals surface area contributed by atoms with Gasteiger partial charge >= 0.3 is 0 Å². The average molecular weight is 271 g/mol. The van der Waals surface area contributed by atoms with Crippen molar-refractivity contribution in [3.63, 3.8) is 0 Å². The van der Waals surface area contributed by atoms with Gasteiger partial charge in [-0.3, -0.25) is 4.79 Å². The van der Waals surface area contributed by atoms with Gasteiger partial charge in [-0.15, -0.1) is 0 Å². The van der Waals surface area contributed by atoms with Gasteiger partial charge in [-0.05, 0) is 37.6 Å². The Bertz CT molecular complexity index is 575. The first kappa shape index (κ1) is 12.8. The van der Waals surface area contributed by atoms with Crippen LogP contribution in [0.4, 0.5) is 0 Å². The molecule has 0 aromatic carbocycles. The molecule has 1 unspecified atom stereocenters. The molecule has 1 saturated heterocycles. The maximum atomic E-state index is 12.1. The van der Waals surface area contributed by atoms with Crippen LogP contribution < -0.4 is 10.6 Å². The van der Waals surface area contributed by atoms with Crippen molar-refractivity contribution >= 4 is 5.91 Å². The molecule has 6 nitrogen and oxygen atoms in total. The van der Waals surface area contributed by atoms with Crippen LogP contribution in [0.2, 0.25) is 0 Å². The number of aromatic nitrogens is 3. The van der Waals surface area contributed by atoms with Gasteiger partial charge in [0.05, 0.1) is 0 Å². The zero-order valence-electron chi connectivity index (χ0n) is 11.1. The summed E-state index contributed by atoms with van der Waals surface area (Å²) in [5.41, 5.74) is 0.413. The number of amides is 1. The minimum absolute atomic E-state index is 0.146. The number of rotatable bonds is 4. The van der Waals surface area contributed by atoms with Crippen molar-refractivity contribution in [2.45, 2.75) is 18.9 Å². The fraction of sp³-hybridized carbons (Fsp3) is 0.357.